The van der Waals surface area contributed by atoms with Crippen molar-refractivity contribution in [3.8, 4) is 11.5 Å². The second-order valence-electron chi connectivity index (χ2n) is 8.17. The second-order valence-corrected chi connectivity index (χ2v) is 8.17. The zero-order valence-electron chi connectivity index (χ0n) is 17.7. The van der Waals surface area contributed by atoms with E-state index in [4.69, 9.17) is 14.2 Å². The zero-order valence-corrected chi connectivity index (χ0v) is 17.7. The van der Waals surface area contributed by atoms with E-state index in [1.807, 2.05) is 12.1 Å². The molecule has 0 spiro atoms. The molecule has 1 heterocycles. The van der Waals surface area contributed by atoms with Crippen molar-refractivity contribution in [2.45, 2.75) is 45.4 Å². The van der Waals surface area contributed by atoms with Crippen LogP contribution in [0.5, 0.6) is 11.5 Å². The molecular formula is C23H27NO6. The summed E-state index contributed by atoms with van der Waals surface area (Å²) in [6.07, 6.45) is 0.0125. The Balaban J connectivity index is 1.81. The van der Waals surface area contributed by atoms with Crippen molar-refractivity contribution in [2.24, 2.45) is 0 Å². The van der Waals surface area contributed by atoms with E-state index in [0.717, 1.165) is 11.1 Å². The number of ether oxygens (including phenoxy) is 3. The highest BCUT2D eigenvalue weighted by atomic mass is 16.6. The molecule has 0 unspecified atom stereocenters. The molecule has 0 saturated heterocycles. The molecule has 1 N–H and O–H groups in total. The largest absolute Gasteiger partial charge is 0.508 e. The second kappa shape index (κ2) is 8.65. The van der Waals surface area contributed by atoms with Crippen LogP contribution >= 0.6 is 0 Å². The molecule has 160 valence electrons. The van der Waals surface area contributed by atoms with Gasteiger partial charge in [0.05, 0.1) is 7.11 Å². The molecule has 1 aliphatic heterocycles. The number of hydrogen-bond donors (Lipinski definition) is 1. The molecule has 0 aromatic heterocycles. The van der Waals surface area contributed by atoms with E-state index < -0.39 is 23.7 Å². The highest BCUT2D eigenvalue weighted by Gasteiger charge is 2.39. The number of methoxy groups -OCH3 is 1. The molecule has 2 aromatic carbocycles. The average molecular weight is 413 g/mol. The SMILES string of the molecule is COC(=O)[C@H]1c2ccc(OCc3cccc(O)c3)cc2CCN1C(=O)OC(C)(C)C. The third kappa shape index (κ3) is 5.03. The minimum atomic E-state index is -0.867. The van der Waals surface area contributed by atoms with Gasteiger partial charge in [0, 0.05) is 6.54 Å². The van der Waals surface area contributed by atoms with Gasteiger partial charge in [-0.25, -0.2) is 9.59 Å². The Kier molecular flexibility index (Phi) is 6.20. The summed E-state index contributed by atoms with van der Waals surface area (Å²) in [6, 6.07) is 11.4. The number of phenolic OH excluding ortho intramolecular Hbond substituents is 1. The molecule has 0 radical (unpaired) electrons. The topological polar surface area (TPSA) is 85.3 Å². The van der Waals surface area contributed by atoms with Gasteiger partial charge in [-0.2, -0.15) is 0 Å². The molecule has 7 heteroatoms. The summed E-state index contributed by atoms with van der Waals surface area (Å²) in [4.78, 5) is 26.6. The average Bonchev–Trinajstić information content (AvgIpc) is 2.69. The Bertz CT molecular complexity index is 934. The summed E-state index contributed by atoms with van der Waals surface area (Å²) in [5, 5.41) is 9.57. The Morgan fingerprint density at radius 2 is 1.93 bits per heavy atom. The Labute approximate surface area is 176 Å². The molecule has 30 heavy (non-hydrogen) atoms. The van der Waals surface area contributed by atoms with Crippen LogP contribution in [-0.4, -0.2) is 41.3 Å². The van der Waals surface area contributed by atoms with Gasteiger partial charge < -0.3 is 19.3 Å². The summed E-state index contributed by atoms with van der Waals surface area (Å²) in [5.74, 6) is 0.311. The monoisotopic (exact) mass is 413 g/mol. The molecular weight excluding hydrogens is 386 g/mol. The van der Waals surface area contributed by atoms with Crippen LogP contribution < -0.4 is 4.74 Å². The minimum absolute atomic E-state index is 0.185. The maximum atomic E-state index is 12.7. The van der Waals surface area contributed by atoms with Gasteiger partial charge >= 0.3 is 12.1 Å². The van der Waals surface area contributed by atoms with Crippen LogP contribution in [0.4, 0.5) is 4.79 Å². The van der Waals surface area contributed by atoms with Crippen LogP contribution in [0.1, 0.15) is 43.5 Å². The van der Waals surface area contributed by atoms with Crippen LogP contribution in [0.25, 0.3) is 0 Å². The van der Waals surface area contributed by atoms with Crippen LogP contribution in [0.2, 0.25) is 0 Å². The molecule has 1 atom stereocenters. The van der Waals surface area contributed by atoms with E-state index in [1.54, 1.807) is 51.1 Å². The van der Waals surface area contributed by atoms with Crippen LogP contribution in [0.3, 0.4) is 0 Å². The number of fused-ring (bicyclic) bond motifs is 1. The fourth-order valence-electron chi connectivity index (χ4n) is 3.39. The van der Waals surface area contributed by atoms with Crippen molar-refractivity contribution in [2.75, 3.05) is 13.7 Å². The van der Waals surface area contributed by atoms with Gasteiger partial charge in [0.2, 0.25) is 0 Å². The lowest BCUT2D eigenvalue weighted by molar-refractivity contribution is -0.147. The Morgan fingerprint density at radius 3 is 2.60 bits per heavy atom. The first-order valence-electron chi connectivity index (χ1n) is 9.79. The van der Waals surface area contributed by atoms with Crippen molar-refractivity contribution in [3.05, 3.63) is 59.2 Å². The molecule has 1 amide bonds. The minimum Gasteiger partial charge on any atom is -0.508 e. The quantitative estimate of drug-likeness (QED) is 0.763. The number of phenols is 1. The van der Waals surface area contributed by atoms with Gasteiger partial charge in [-0.1, -0.05) is 18.2 Å². The van der Waals surface area contributed by atoms with Gasteiger partial charge in [-0.05, 0) is 68.1 Å². The maximum Gasteiger partial charge on any atom is 0.411 e. The molecule has 0 bridgehead atoms. The van der Waals surface area contributed by atoms with Gasteiger partial charge in [0.15, 0.2) is 6.04 Å². The highest BCUT2D eigenvalue weighted by molar-refractivity contribution is 5.84. The van der Waals surface area contributed by atoms with E-state index in [-0.39, 0.29) is 5.75 Å². The fourth-order valence-corrected chi connectivity index (χ4v) is 3.39. The van der Waals surface area contributed by atoms with Crippen molar-refractivity contribution in [1.82, 2.24) is 4.90 Å². The summed E-state index contributed by atoms with van der Waals surface area (Å²) in [6.45, 7) is 5.99. The Hall–Kier alpha value is -3.22. The summed E-state index contributed by atoms with van der Waals surface area (Å²) >= 11 is 0. The molecule has 1 aliphatic rings. The van der Waals surface area contributed by atoms with Gasteiger partial charge in [0.25, 0.3) is 0 Å². The first kappa shape index (κ1) is 21.5. The lowest BCUT2D eigenvalue weighted by atomic mass is 9.92. The number of amides is 1. The highest BCUT2D eigenvalue weighted by Crippen LogP contribution is 2.34. The predicted octanol–water partition coefficient (Wildman–Crippen LogP) is 3.98. The van der Waals surface area contributed by atoms with Crippen LogP contribution in [-0.2, 0) is 27.3 Å². The van der Waals surface area contributed by atoms with Crippen molar-refractivity contribution >= 4 is 12.1 Å². The van der Waals surface area contributed by atoms with Gasteiger partial charge in [-0.15, -0.1) is 0 Å². The molecule has 0 aliphatic carbocycles. The van der Waals surface area contributed by atoms with Crippen molar-refractivity contribution in [1.29, 1.82) is 0 Å². The standard InChI is InChI=1S/C23H27NO6/c1-23(2,3)30-22(27)24-11-10-16-13-18(8-9-19(16)20(24)21(26)28-4)29-14-15-6-5-7-17(25)12-15/h5-9,12-13,20,25H,10-11,14H2,1-4H3/t20-/m1/s1. The van der Waals surface area contributed by atoms with Gasteiger partial charge in [0.1, 0.15) is 23.7 Å². The molecule has 0 saturated carbocycles. The normalized spacial score (nSPS) is 15.9. The van der Waals surface area contributed by atoms with Crippen LogP contribution in [0, 0.1) is 0 Å². The van der Waals surface area contributed by atoms with E-state index >= 15 is 0 Å². The first-order valence-corrected chi connectivity index (χ1v) is 9.79. The number of nitrogens with zero attached hydrogens (tertiary/aromatic N) is 1. The summed E-state index contributed by atoms with van der Waals surface area (Å²) in [7, 11) is 1.30. The van der Waals surface area contributed by atoms with E-state index in [0.29, 0.717) is 30.9 Å². The summed E-state index contributed by atoms with van der Waals surface area (Å²) in [5.41, 5.74) is 1.79. The number of carbonyl (C=O) groups excluding carboxylic acids is 2. The number of esters is 1. The molecule has 0 fully saturated rings. The van der Waals surface area contributed by atoms with Crippen molar-refractivity contribution < 1.29 is 28.9 Å². The van der Waals surface area contributed by atoms with Crippen LogP contribution in [0.15, 0.2) is 42.5 Å². The Morgan fingerprint density at radius 1 is 1.17 bits per heavy atom. The van der Waals surface area contributed by atoms with Crippen molar-refractivity contribution in [3.63, 3.8) is 0 Å². The lowest BCUT2D eigenvalue weighted by Gasteiger charge is -2.36. The maximum absolute atomic E-state index is 12.7. The molecule has 7 nitrogen and oxygen atoms in total. The fraction of sp³-hybridized carbons (Fsp3) is 0.391. The molecule has 3 rings (SSSR count). The number of carbonyl (C=O) groups is 2. The molecule has 2 aromatic rings. The summed E-state index contributed by atoms with van der Waals surface area (Å²) < 4.78 is 16.3. The van der Waals surface area contributed by atoms with E-state index in [9.17, 15) is 14.7 Å². The van der Waals surface area contributed by atoms with E-state index in [1.165, 1.54) is 12.0 Å². The third-order valence-corrected chi connectivity index (χ3v) is 4.71. The third-order valence-electron chi connectivity index (χ3n) is 4.71. The number of benzene rings is 2. The number of hydrogen-bond acceptors (Lipinski definition) is 6. The number of rotatable bonds is 4. The predicted molar refractivity (Wildman–Crippen MR) is 110 cm³/mol. The van der Waals surface area contributed by atoms with E-state index in [2.05, 4.69) is 0 Å². The first-order chi connectivity index (χ1) is 14.2. The zero-order chi connectivity index (χ0) is 21.9. The van der Waals surface area contributed by atoms with Gasteiger partial charge in [-0.3, -0.25) is 4.90 Å². The lowest BCUT2D eigenvalue weighted by Crippen LogP contribution is -2.46. The smallest absolute Gasteiger partial charge is 0.411 e. The number of aromatic hydroxyl groups is 1.